The second-order valence-electron chi connectivity index (χ2n) is 2.58. The van der Waals surface area contributed by atoms with Gasteiger partial charge in [-0.15, -0.1) is 0 Å². The van der Waals surface area contributed by atoms with Crippen LogP contribution in [-0.4, -0.2) is 38.9 Å². The number of nitrogens with one attached hydrogen (secondary N) is 1. The fraction of sp³-hybridized carbons (Fsp3) is 0.857. The standard InChI is InChI=1S/C7H13NO3/c1-10-5-3-6(8-4-5)7(9)11-2/h5-6,8H,3-4H2,1-2H3/t5-,6+/m0/s1. The van der Waals surface area contributed by atoms with Crippen LogP contribution in [0.25, 0.3) is 0 Å². The molecule has 0 unspecified atom stereocenters. The van der Waals surface area contributed by atoms with Gasteiger partial charge >= 0.3 is 5.97 Å². The molecule has 4 heteroatoms. The van der Waals surface area contributed by atoms with Crippen LogP contribution in [0, 0.1) is 0 Å². The number of methoxy groups -OCH3 is 2. The Labute approximate surface area is 65.9 Å². The monoisotopic (exact) mass is 159 g/mol. The fourth-order valence-electron chi connectivity index (χ4n) is 1.20. The number of hydrogen-bond donors (Lipinski definition) is 1. The van der Waals surface area contributed by atoms with Crippen molar-refractivity contribution in [1.82, 2.24) is 5.32 Å². The molecule has 0 aromatic heterocycles. The highest BCUT2D eigenvalue weighted by atomic mass is 16.5. The Morgan fingerprint density at radius 2 is 2.27 bits per heavy atom. The molecule has 2 atom stereocenters. The normalized spacial score (nSPS) is 30.4. The predicted octanol–water partition coefficient (Wildman–Crippen LogP) is -0.464. The van der Waals surface area contributed by atoms with Crippen molar-refractivity contribution >= 4 is 5.97 Å². The molecule has 0 aromatic rings. The lowest BCUT2D eigenvalue weighted by Crippen LogP contribution is -2.31. The summed E-state index contributed by atoms with van der Waals surface area (Å²) in [6, 6.07) is -0.176. The van der Waals surface area contributed by atoms with E-state index >= 15 is 0 Å². The maximum Gasteiger partial charge on any atom is 0.322 e. The van der Waals surface area contributed by atoms with Gasteiger partial charge in [0.2, 0.25) is 0 Å². The van der Waals surface area contributed by atoms with Gasteiger partial charge in [0.25, 0.3) is 0 Å². The van der Waals surface area contributed by atoms with Gasteiger partial charge in [-0.25, -0.2) is 0 Å². The summed E-state index contributed by atoms with van der Waals surface area (Å²) < 4.78 is 9.64. The Morgan fingerprint density at radius 3 is 2.73 bits per heavy atom. The highest BCUT2D eigenvalue weighted by molar-refractivity contribution is 5.76. The molecule has 0 amide bonds. The SMILES string of the molecule is COC(=O)[C@H]1C[C@H](OC)CN1. The zero-order valence-corrected chi connectivity index (χ0v) is 6.79. The molecule has 0 aliphatic carbocycles. The van der Waals surface area contributed by atoms with E-state index in [1.54, 1.807) is 7.11 Å². The minimum absolute atomic E-state index is 0.152. The summed E-state index contributed by atoms with van der Waals surface area (Å²) in [5.41, 5.74) is 0. The molecule has 1 aliphatic heterocycles. The summed E-state index contributed by atoms with van der Waals surface area (Å²) in [4.78, 5) is 10.9. The van der Waals surface area contributed by atoms with Gasteiger partial charge in [0.05, 0.1) is 13.2 Å². The highest BCUT2D eigenvalue weighted by Gasteiger charge is 2.29. The van der Waals surface area contributed by atoms with E-state index in [9.17, 15) is 4.79 Å². The summed E-state index contributed by atoms with van der Waals surface area (Å²) in [5, 5.41) is 3.01. The first kappa shape index (κ1) is 8.49. The molecule has 1 N–H and O–H groups in total. The van der Waals surface area contributed by atoms with Crippen molar-refractivity contribution in [2.75, 3.05) is 20.8 Å². The first-order chi connectivity index (χ1) is 5.27. The van der Waals surface area contributed by atoms with Crippen molar-refractivity contribution in [2.45, 2.75) is 18.6 Å². The molecular formula is C7H13NO3. The van der Waals surface area contributed by atoms with Crippen molar-refractivity contribution in [3.8, 4) is 0 Å². The van der Waals surface area contributed by atoms with Crippen LogP contribution in [0.1, 0.15) is 6.42 Å². The van der Waals surface area contributed by atoms with Gasteiger partial charge in [-0.2, -0.15) is 0 Å². The van der Waals surface area contributed by atoms with Gasteiger partial charge < -0.3 is 14.8 Å². The predicted molar refractivity (Wildman–Crippen MR) is 39.2 cm³/mol. The maximum atomic E-state index is 10.9. The van der Waals surface area contributed by atoms with Crippen molar-refractivity contribution in [3.05, 3.63) is 0 Å². The van der Waals surface area contributed by atoms with Crippen molar-refractivity contribution in [1.29, 1.82) is 0 Å². The van der Waals surface area contributed by atoms with Crippen LogP contribution in [0.15, 0.2) is 0 Å². The summed E-state index contributed by atoms with van der Waals surface area (Å²) >= 11 is 0. The van der Waals surface area contributed by atoms with Gasteiger partial charge in [-0.05, 0) is 0 Å². The van der Waals surface area contributed by atoms with Gasteiger partial charge in [0.1, 0.15) is 6.04 Å². The summed E-state index contributed by atoms with van der Waals surface area (Å²) in [6.45, 7) is 0.732. The Morgan fingerprint density at radius 1 is 1.55 bits per heavy atom. The molecule has 1 aliphatic rings. The third kappa shape index (κ3) is 1.91. The summed E-state index contributed by atoms with van der Waals surface area (Å²) in [7, 11) is 3.04. The summed E-state index contributed by atoms with van der Waals surface area (Å²) in [6.07, 6.45) is 0.863. The molecule has 0 saturated carbocycles. The van der Waals surface area contributed by atoms with Crippen LogP contribution in [0.3, 0.4) is 0 Å². The van der Waals surface area contributed by atoms with Crippen LogP contribution >= 0.6 is 0 Å². The number of carbonyl (C=O) groups is 1. The van der Waals surface area contributed by atoms with E-state index in [1.165, 1.54) is 7.11 Å². The van der Waals surface area contributed by atoms with Crippen LogP contribution < -0.4 is 5.32 Å². The van der Waals surface area contributed by atoms with E-state index in [-0.39, 0.29) is 18.1 Å². The van der Waals surface area contributed by atoms with E-state index in [1.807, 2.05) is 0 Å². The van der Waals surface area contributed by atoms with Crippen molar-refractivity contribution < 1.29 is 14.3 Å². The van der Waals surface area contributed by atoms with Crippen molar-refractivity contribution in [2.24, 2.45) is 0 Å². The van der Waals surface area contributed by atoms with Crippen molar-refractivity contribution in [3.63, 3.8) is 0 Å². The summed E-state index contributed by atoms with van der Waals surface area (Å²) in [5.74, 6) is -0.204. The maximum absolute atomic E-state index is 10.9. The van der Waals surface area contributed by atoms with E-state index in [2.05, 4.69) is 10.1 Å². The lowest BCUT2D eigenvalue weighted by Gasteiger charge is -2.06. The zero-order valence-electron chi connectivity index (χ0n) is 6.79. The molecule has 0 spiro atoms. The number of carbonyl (C=O) groups excluding carboxylic acids is 1. The third-order valence-corrected chi connectivity index (χ3v) is 1.91. The van der Waals surface area contributed by atoms with E-state index in [4.69, 9.17) is 4.74 Å². The number of rotatable bonds is 2. The largest absolute Gasteiger partial charge is 0.468 e. The van der Waals surface area contributed by atoms with Crippen LogP contribution in [0.2, 0.25) is 0 Å². The molecule has 0 bridgehead atoms. The highest BCUT2D eigenvalue weighted by Crippen LogP contribution is 2.09. The van der Waals surface area contributed by atoms with E-state index < -0.39 is 0 Å². The fourth-order valence-corrected chi connectivity index (χ4v) is 1.20. The lowest BCUT2D eigenvalue weighted by atomic mass is 10.2. The average Bonchev–Trinajstić information content (AvgIpc) is 2.50. The topological polar surface area (TPSA) is 47.6 Å². The quantitative estimate of drug-likeness (QED) is 0.554. The van der Waals surface area contributed by atoms with Crippen LogP contribution in [0.5, 0.6) is 0 Å². The molecular weight excluding hydrogens is 146 g/mol. The Balaban J connectivity index is 2.35. The van der Waals surface area contributed by atoms with E-state index in [0.717, 1.165) is 6.54 Å². The van der Waals surface area contributed by atoms with Gasteiger partial charge in [-0.1, -0.05) is 0 Å². The molecule has 11 heavy (non-hydrogen) atoms. The molecule has 0 radical (unpaired) electrons. The number of esters is 1. The Hall–Kier alpha value is -0.610. The first-order valence-electron chi connectivity index (χ1n) is 3.62. The Bertz CT molecular complexity index is 149. The molecule has 1 fully saturated rings. The second-order valence-corrected chi connectivity index (χ2v) is 2.58. The molecule has 0 aromatic carbocycles. The average molecular weight is 159 g/mol. The minimum Gasteiger partial charge on any atom is -0.468 e. The second kappa shape index (κ2) is 3.69. The smallest absolute Gasteiger partial charge is 0.322 e. The molecule has 4 nitrogen and oxygen atoms in total. The zero-order chi connectivity index (χ0) is 8.27. The molecule has 1 heterocycles. The first-order valence-corrected chi connectivity index (χ1v) is 3.62. The lowest BCUT2D eigenvalue weighted by molar-refractivity contribution is -0.142. The number of ether oxygens (including phenoxy) is 2. The number of hydrogen-bond acceptors (Lipinski definition) is 4. The molecule has 1 saturated heterocycles. The molecule has 1 rings (SSSR count). The van der Waals surface area contributed by atoms with Crippen LogP contribution in [-0.2, 0) is 14.3 Å². The van der Waals surface area contributed by atoms with Gasteiger partial charge in [0.15, 0.2) is 0 Å². The Kier molecular flexibility index (Phi) is 2.84. The van der Waals surface area contributed by atoms with Crippen LogP contribution in [0.4, 0.5) is 0 Å². The molecule has 64 valence electrons. The van der Waals surface area contributed by atoms with E-state index in [0.29, 0.717) is 6.42 Å². The third-order valence-electron chi connectivity index (χ3n) is 1.91. The van der Waals surface area contributed by atoms with Gasteiger partial charge in [0, 0.05) is 20.1 Å². The van der Waals surface area contributed by atoms with Gasteiger partial charge in [-0.3, -0.25) is 4.79 Å². The minimum atomic E-state index is -0.204.